The Morgan fingerprint density at radius 1 is 1.26 bits per heavy atom. The van der Waals surface area contributed by atoms with E-state index in [2.05, 4.69) is 14.1 Å². The molecule has 0 unspecified atom stereocenters. The Kier molecular flexibility index (Phi) is 4.34. The summed E-state index contributed by atoms with van der Waals surface area (Å²) in [5.74, 6) is -0.480. The molecule has 0 atom stereocenters. The van der Waals surface area contributed by atoms with Crippen LogP contribution in [0.3, 0.4) is 0 Å². The van der Waals surface area contributed by atoms with Crippen molar-refractivity contribution in [2.75, 3.05) is 0 Å². The molecule has 0 spiro atoms. The average Bonchev–Trinajstić information content (AvgIpc) is 2.67. The number of ether oxygens (including phenoxy) is 1. The van der Waals surface area contributed by atoms with Gasteiger partial charge < -0.3 is 4.74 Å². The first-order valence-corrected chi connectivity index (χ1v) is 7.43. The van der Waals surface area contributed by atoms with Crippen LogP contribution >= 0.6 is 44.1 Å². The number of hydrogen-bond donors (Lipinski definition) is 0. The van der Waals surface area contributed by atoms with Crippen molar-refractivity contribution in [1.29, 1.82) is 0 Å². The van der Waals surface area contributed by atoms with E-state index in [9.17, 15) is 13.2 Å². The normalized spacial score (nSPS) is 12.8. The summed E-state index contributed by atoms with van der Waals surface area (Å²) in [6, 6.07) is 3.68. The van der Waals surface area contributed by atoms with Crippen LogP contribution in [0.5, 0.6) is 5.75 Å². The van der Waals surface area contributed by atoms with Gasteiger partial charge in [-0.15, -0.1) is 13.2 Å². The lowest BCUT2D eigenvalue weighted by Crippen LogP contribution is -2.17. The largest absolute Gasteiger partial charge is 0.573 e. The van der Waals surface area contributed by atoms with Gasteiger partial charge in [0.1, 0.15) is 5.75 Å². The van der Waals surface area contributed by atoms with Crippen LogP contribution in [0, 0.1) is 0 Å². The average molecular weight is 347 g/mol. The Bertz CT molecular complexity index is 653. The van der Waals surface area contributed by atoms with Gasteiger partial charge in [-0.3, -0.25) is 0 Å². The van der Waals surface area contributed by atoms with Gasteiger partial charge in [0.15, 0.2) is 9.82 Å². The number of nitrogens with zero attached hydrogens (tertiary/aromatic N) is 2. The Balaban J connectivity index is 2.32. The molecule has 19 heavy (non-hydrogen) atoms. The van der Waals surface area contributed by atoms with Crippen LogP contribution in [0.2, 0.25) is 10.2 Å². The molecule has 1 aromatic heterocycles. The van der Waals surface area contributed by atoms with Gasteiger partial charge in [-0.25, -0.2) is 4.99 Å². The lowest BCUT2D eigenvalue weighted by atomic mass is 10.3. The van der Waals surface area contributed by atoms with Crippen molar-refractivity contribution in [2.24, 2.45) is 4.99 Å². The Morgan fingerprint density at radius 3 is 2.53 bits per heavy atom. The van der Waals surface area contributed by atoms with E-state index in [1.54, 1.807) is 0 Å². The second-order valence-electron chi connectivity index (χ2n) is 3.12. The highest BCUT2D eigenvalue weighted by molar-refractivity contribution is 7.66. The molecule has 3 nitrogen and oxygen atoms in total. The van der Waals surface area contributed by atoms with Gasteiger partial charge >= 0.3 is 6.36 Å². The predicted molar refractivity (Wildman–Crippen MR) is 68.4 cm³/mol. The van der Waals surface area contributed by atoms with E-state index in [0.717, 1.165) is 16.6 Å². The fraction of sp³-hybridized carbons (Fsp3) is 0.111. The first-order valence-electron chi connectivity index (χ1n) is 4.57. The number of hydrogen-bond acceptors (Lipinski definition) is 5. The van der Waals surface area contributed by atoms with Crippen LogP contribution in [-0.2, 0) is 0 Å². The number of benzene rings is 1. The topological polar surface area (TPSA) is 34.5 Å². The highest BCUT2D eigenvalue weighted by Crippen LogP contribution is 2.32. The molecule has 0 radical (unpaired) electrons. The SMILES string of the molecule is FC(F)(F)Oc1ccc(N=c2ssnc2Cl)cc1Cl. The van der Waals surface area contributed by atoms with Crippen LogP contribution in [-0.4, -0.2) is 10.7 Å². The van der Waals surface area contributed by atoms with Gasteiger partial charge in [0.05, 0.1) is 10.7 Å². The molecule has 0 amide bonds. The highest BCUT2D eigenvalue weighted by atomic mass is 35.5. The Labute approximate surface area is 122 Å². The zero-order chi connectivity index (χ0) is 14.0. The molecule has 2 rings (SSSR count). The summed E-state index contributed by atoms with van der Waals surface area (Å²) in [4.78, 5) is 4.11. The second kappa shape index (κ2) is 5.66. The van der Waals surface area contributed by atoms with E-state index >= 15 is 0 Å². The molecule has 102 valence electrons. The van der Waals surface area contributed by atoms with Crippen molar-refractivity contribution in [2.45, 2.75) is 6.36 Å². The second-order valence-corrected chi connectivity index (χ2v) is 5.72. The first kappa shape index (κ1) is 14.6. The lowest BCUT2D eigenvalue weighted by molar-refractivity contribution is -0.274. The Morgan fingerprint density at radius 2 is 2.00 bits per heavy atom. The molecule has 0 saturated heterocycles. The van der Waals surface area contributed by atoms with Crippen molar-refractivity contribution >= 4 is 49.8 Å². The summed E-state index contributed by atoms with van der Waals surface area (Å²) in [5.41, 5.74) is 0.359. The molecule has 0 aliphatic rings. The van der Waals surface area contributed by atoms with Crippen molar-refractivity contribution in [1.82, 2.24) is 4.37 Å². The third-order valence-corrected chi connectivity index (χ3v) is 4.25. The molecule has 0 bridgehead atoms. The van der Waals surface area contributed by atoms with Gasteiger partial charge in [-0.2, -0.15) is 4.37 Å². The molecule has 0 fully saturated rings. The van der Waals surface area contributed by atoms with Crippen molar-refractivity contribution in [3.63, 3.8) is 0 Å². The molecule has 1 aromatic carbocycles. The van der Waals surface area contributed by atoms with E-state index in [0.29, 0.717) is 10.4 Å². The van der Waals surface area contributed by atoms with Gasteiger partial charge in [0.25, 0.3) is 0 Å². The van der Waals surface area contributed by atoms with Crippen LogP contribution in [0.15, 0.2) is 23.2 Å². The summed E-state index contributed by atoms with van der Waals surface area (Å²) in [5, 5.41) is 0.0460. The highest BCUT2D eigenvalue weighted by Gasteiger charge is 2.32. The van der Waals surface area contributed by atoms with Crippen LogP contribution in [0.25, 0.3) is 0 Å². The molecule has 2 aromatic rings. The van der Waals surface area contributed by atoms with Crippen molar-refractivity contribution in [3.8, 4) is 5.75 Å². The van der Waals surface area contributed by atoms with E-state index in [4.69, 9.17) is 23.2 Å². The zero-order valence-corrected chi connectivity index (χ0v) is 11.9. The fourth-order valence-corrected chi connectivity index (χ4v) is 3.31. The molecular weight excluding hydrogens is 344 g/mol. The number of rotatable bonds is 2. The lowest BCUT2D eigenvalue weighted by Gasteiger charge is -2.10. The number of alkyl halides is 3. The zero-order valence-electron chi connectivity index (χ0n) is 8.74. The third kappa shape index (κ3) is 4.07. The van der Waals surface area contributed by atoms with Crippen molar-refractivity contribution < 1.29 is 17.9 Å². The minimum absolute atomic E-state index is 0.192. The van der Waals surface area contributed by atoms with Crippen molar-refractivity contribution in [3.05, 3.63) is 33.0 Å². The monoisotopic (exact) mass is 346 g/mol. The molecule has 10 heteroatoms. The van der Waals surface area contributed by atoms with E-state index < -0.39 is 12.1 Å². The van der Waals surface area contributed by atoms with Crippen LogP contribution in [0.1, 0.15) is 0 Å². The third-order valence-electron chi connectivity index (χ3n) is 1.78. The maximum atomic E-state index is 12.1. The fourth-order valence-electron chi connectivity index (χ4n) is 1.11. The van der Waals surface area contributed by atoms with Gasteiger partial charge in [0.2, 0.25) is 0 Å². The first-order chi connectivity index (χ1) is 8.85. The summed E-state index contributed by atoms with van der Waals surface area (Å²) < 4.78 is 44.2. The van der Waals surface area contributed by atoms with E-state index in [1.807, 2.05) is 0 Å². The predicted octanol–water partition coefficient (Wildman–Crippen LogP) is 4.64. The summed E-state index contributed by atoms with van der Waals surface area (Å²) in [6.45, 7) is 0. The quantitative estimate of drug-likeness (QED) is 0.742. The van der Waals surface area contributed by atoms with Crippen LogP contribution in [0.4, 0.5) is 18.9 Å². The molecule has 0 aliphatic carbocycles. The molecular formula is C9H3Cl2F3N2OS2. The minimum atomic E-state index is -4.79. The molecule has 1 heterocycles. The standard InChI is InChI=1S/C9H3Cl2F3N2OS2/c10-5-3-4(15-8-7(11)16-19-18-8)1-2-6(5)17-9(12,13)14/h1-3H. The minimum Gasteiger partial charge on any atom is -0.404 e. The maximum Gasteiger partial charge on any atom is 0.573 e. The van der Waals surface area contributed by atoms with E-state index in [-0.39, 0.29) is 10.2 Å². The van der Waals surface area contributed by atoms with Gasteiger partial charge in [0, 0.05) is 10.5 Å². The van der Waals surface area contributed by atoms with E-state index in [1.165, 1.54) is 22.5 Å². The Hall–Kier alpha value is -0.830. The summed E-state index contributed by atoms with van der Waals surface area (Å²) in [6.07, 6.45) is -4.79. The number of aromatic nitrogens is 1. The van der Waals surface area contributed by atoms with Crippen LogP contribution < -0.4 is 9.41 Å². The maximum absolute atomic E-state index is 12.1. The van der Waals surface area contributed by atoms with Gasteiger partial charge in [-0.05, 0) is 28.5 Å². The molecule has 0 aliphatic heterocycles. The smallest absolute Gasteiger partial charge is 0.404 e. The molecule has 0 saturated carbocycles. The number of halogens is 5. The summed E-state index contributed by atoms with van der Waals surface area (Å²) in [7, 11) is 2.40. The molecule has 0 N–H and O–H groups in total. The summed E-state index contributed by atoms with van der Waals surface area (Å²) >= 11 is 11.4. The van der Waals surface area contributed by atoms with Gasteiger partial charge in [-0.1, -0.05) is 23.2 Å².